The molecule has 1 aromatic rings. The largest absolute Gasteiger partial charge is 0.370 e. The minimum absolute atomic E-state index is 0.356. The van der Waals surface area contributed by atoms with Gasteiger partial charge in [0.05, 0.1) is 12.6 Å². The maximum absolute atomic E-state index is 5.97. The number of hydrogen-bond donors (Lipinski definition) is 1. The monoisotopic (exact) mass is 299 g/mol. The number of nitrogens with two attached hydrogens (primary N) is 1. The maximum Gasteiger partial charge on any atom is 0.191 e. The molecule has 0 spiro atoms. The second-order valence-electron chi connectivity index (χ2n) is 4.44. The zero-order chi connectivity index (χ0) is 11.1. The van der Waals surface area contributed by atoms with Crippen LogP contribution in [-0.4, -0.2) is 23.9 Å². The average molecular weight is 300 g/mol. The lowest BCUT2D eigenvalue weighted by molar-refractivity contribution is 0.337. The van der Waals surface area contributed by atoms with E-state index in [9.17, 15) is 0 Å². The second-order valence-corrected chi connectivity index (χ2v) is 6.25. The van der Waals surface area contributed by atoms with Crippen LogP contribution in [0, 0.1) is 5.92 Å². The van der Waals surface area contributed by atoms with Crippen molar-refractivity contribution in [2.75, 3.05) is 13.1 Å². The molecule has 1 fully saturated rings. The average Bonchev–Trinajstić information content (AvgIpc) is 2.88. The molecular weight excluding hydrogens is 286 g/mol. The number of rotatable bonds is 3. The summed E-state index contributed by atoms with van der Waals surface area (Å²) in [5.74, 6) is 1.56. The van der Waals surface area contributed by atoms with Gasteiger partial charge in [-0.2, -0.15) is 0 Å². The van der Waals surface area contributed by atoms with Gasteiger partial charge in [0.15, 0.2) is 5.96 Å². The Balaban J connectivity index is 1.82. The van der Waals surface area contributed by atoms with Crippen molar-refractivity contribution in [1.29, 1.82) is 0 Å². The fourth-order valence-electron chi connectivity index (χ4n) is 2.10. The van der Waals surface area contributed by atoms with Crippen molar-refractivity contribution < 1.29 is 0 Å². The van der Waals surface area contributed by atoms with Gasteiger partial charge in [-0.05, 0) is 46.1 Å². The molecule has 2 heterocycles. The van der Waals surface area contributed by atoms with E-state index in [1.807, 2.05) is 0 Å². The molecule has 1 aliphatic heterocycles. The molecule has 1 aromatic heterocycles. The Morgan fingerprint density at radius 2 is 2.38 bits per heavy atom. The van der Waals surface area contributed by atoms with Gasteiger partial charge in [0, 0.05) is 15.9 Å². The van der Waals surface area contributed by atoms with Crippen molar-refractivity contribution >= 4 is 33.2 Å². The summed E-state index contributed by atoms with van der Waals surface area (Å²) in [4.78, 5) is 8.01. The van der Waals surface area contributed by atoms with E-state index in [0.29, 0.717) is 6.04 Å². The highest BCUT2D eigenvalue weighted by molar-refractivity contribution is 9.10. The zero-order valence-corrected chi connectivity index (χ0v) is 11.3. The zero-order valence-electron chi connectivity index (χ0n) is 8.90. The third-order valence-corrected chi connectivity index (χ3v) is 5.17. The Hall–Kier alpha value is -0.550. The molecule has 0 radical (unpaired) electrons. The third kappa shape index (κ3) is 1.86. The fraction of sp³-hybridized carbons (Fsp3) is 0.545. The highest BCUT2D eigenvalue weighted by Crippen LogP contribution is 2.38. The number of guanidine groups is 1. The van der Waals surface area contributed by atoms with Gasteiger partial charge in [-0.3, -0.25) is 4.99 Å². The van der Waals surface area contributed by atoms with Crippen molar-refractivity contribution in [2.24, 2.45) is 16.6 Å². The molecule has 1 saturated carbocycles. The normalized spacial score (nSPS) is 24.9. The molecule has 3 nitrogen and oxygen atoms in total. The molecule has 0 bridgehead atoms. The van der Waals surface area contributed by atoms with Gasteiger partial charge in [-0.25, -0.2) is 0 Å². The van der Waals surface area contributed by atoms with Crippen molar-refractivity contribution in [3.63, 3.8) is 0 Å². The van der Waals surface area contributed by atoms with Crippen LogP contribution in [0.5, 0.6) is 0 Å². The van der Waals surface area contributed by atoms with Crippen LogP contribution in [0.2, 0.25) is 0 Å². The predicted molar refractivity (Wildman–Crippen MR) is 70.7 cm³/mol. The first-order valence-electron chi connectivity index (χ1n) is 5.55. The van der Waals surface area contributed by atoms with E-state index < -0.39 is 0 Å². The van der Waals surface area contributed by atoms with Crippen LogP contribution in [0.4, 0.5) is 0 Å². The molecule has 86 valence electrons. The lowest BCUT2D eigenvalue weighted by Gasteiger charge is -2.25. The van der Waals surface area contributed by atoms with Crippen LogP contribution in [0.3, 0.4) is 0 Å². The molecule has 16 heavy (non-hydrogen) atoms. The van der Waals surface area contributed by atoms with Gasteiger partial charge in [0.1, 0.15) is 0 Å². The summed E-state index contributed by atoms with van der Waals surface area (Å²) in [6, 6.07) is 2.46. The summed E-state index contributed by atoms with van der Waals surface area (Å²) in [5, 5.41) is 2.11. The highest BCUT2D eigenvalue weighted by atomic mass is 79.9. The van der Waals surface area contributed by atoms with E-state index in [4.69, 9.17) is 5.73 Å². The van der Waals surface area contributed by atoms with Crippen LogP contribution < -0.4 is 5.73 Å². The number of aliphatic imine (C=N–C) groups is 1. The number of nitrogens with zero attached hydrogens (tertiary/aromatic N) is 2. The molecular formula is C11H14BrN3S. The summed E-state index contributed by atoms with van der Waals surface area (Å²) in [7, 11) is 0. The molecule has 0 saturated heterocycles. The summed E-state index contributed by atoms with van der Waals surface area (Å²) < 4.78 is 1.19. The van der Waals surface area contributed by atoms with Crippen molar-refractivity contribution in [3.8, 4) is 0 Å². The maximum atomic E-state index is 5.97. The summed E-state index contributed by atoms with van der Waals surface area (Å²) in [6.07, 6.45) is 2.70. The molecule has 3 rings (SSSR count). The standard InChI is InChI=1S/C11H14BrN3S/c12-8-3-4-16-10(8)9-5-14-11(13)15(9)6-7-1-2-7/h3-4,7,9H,1-2,5-6H2,(H2,13,14). The lowest BCUT2D eigenvalue weighted by Crippen LogP contribution is -2.37. The van der Waals surface area contributed by atoms with E-state index in [-0.39, 0.29) is 0 Å². The van der Waals surface area contributed by atoms with E-state index in [0.717, 1.165) is 25.0 Å². The van der Waals surface area contributed by atoms with E-state index in [2.05, 4.69) is 37.3 Å². The minimum Gasteiger partial charge on any atom is -0.370 e. The quantitative estimate of drug-likeness (QED) is 0.932. The van der Waals surface area contributed by atoms with Gasteiger partial charge in [0.25, 0.3) is 0 Å². The SMILES string of the molecule is NC1=NCC(c2sccc2Br)N1CC1CC1. The van der Waals surface area contributed by atoms with Crippen LogP contribution in [0.15, 0.2) is 20.9 Å². The smallest absolute Gasteiger partial charge is 0.191 e. The Kier molecular flexibility index (Phi) is 2.67. The highest BCUT2D eigenvalue weighted by Gasteiger charge is 2.34. The number of halogens is 1. The first-order valence-corrected chi connectivity index (χ1v) is 7.22. The van der Waals surface area contributed by atoms with Gasteiger partial charge in [-0.15, -0.1) is 11.3 Å². The van der Waals surface area contributed by atoms with Crippen molar-refractivity contribution in [2.45, 2.75) is 18.9 Å². The van der Waals surface area contributed by atoms with Gasteiger partial charge < -0.3 is 10.6 Å². The minimum atomic E-state index is 0.356. The molecule has 1 unspecified atom stereocenters. The fourth-order valence-corrected chi connectivity index (χ4v) is 3.84. The predicted octanol–water partition coefficient (Wildman–Crippen LogP) is 2.59. The second kappa shape index (κ2) is 4.04. The molecule has 2 aliphatic rings. The Morgan fingerprint density at radius 3 is 3.00 bits per heavy atom. The Labute approximate surface area is 107 Å². The van der Waals surface area contributed by atoms with Crippen molar-refractivity contribution in [3.05, 3.63) is 20.8 Å². The van der Waals surface area contributed by atoms with Crippen molar-refractivity contribution in [1.82, 2.24) is 4.90 Å². The van der Waals surface area contributed by atoms with Crippen LogP contribution in [-0.2, 0) is 0 Å². The third-order valence-electron chi connectivity index (χ3n) is 3.20. The van der Waals surface area contributed by atoms with Gasteiger partial charge in [-0.1, -0.05) is 0 Å². The Morgan fingerprint density at radius 1 is 1.56 bits per heavy atom. The summed E-state index contributed by atoms with van der Waals surface area (Å²) in [6.45, 7) is 1.88. The van der Waals surface area contributed by atoms with Gasteiger partial charge in [0.2, 0.25) is 0 Å². The summed E-state index contributed by atoms with van der Waals surface area (Å²) in [5.41, 5.74) is 5.97. The molecule has 0 amide bonds. The van der Waals surface area contributed by atoms with E-state index >= 15 is 0 Å². The van der Waals surface area contributed by atoms with Gasteiger partial charge >= 0.3 is 0 Å². The molecule has 5 heteroatoms. The number of hydrogen-bond acceptors (Lipinski definition) is 4. The molecule has 1 aliphatic carbocycles. The molecule has 0 aromatic carbocycles. The Bertz CT molecular complexity index is 425. The van der Waals surface area contributed by atoms with Crippen LogP contribution in [0.25, 0.3) is 0 Å². The lowest BCUT2D eigenvalue weighted by atomic mass is 10.2. The summed E-state index contributed by atoms with van der Waals surface area (Å²) >= 11 is 5.38. The van der Waals surface area contributed by atoms with E-state index in [1.165, 1.54) is 22.2 Å². The topological polar surface area (TPSA) is 41.6 Å². The first kappa shape index (κ1) is 10.6. The van der Waals surface area contributed by atoms with E-state index in [1.54, 1.807) is 11.3 Å². The van der Waals surface area contributed by atoms with Crippen LogP contribution in [0.1, 0.15) is 23.8 Å². The number of thiophene rings is 1. The first-order chi connectivity index (χ1) is 7.75. The molecule has 1 atom stereocenters. The van der Waals surface area contributed by atoms with Crippen LogP contribution >= 0.6 is 27.3 Å². The molecule has 2 N–H and O–H groups in total.